The zero-order valence-corrected chi connectivity index (χ0v) is 14.3. The molecule has 8 heteroatoms. The molecule has 0 bridgehead atoms. The Kier molecular flexibility index (Phi) is 5.11. The normalized spacial score (nSPS) is 12.1. The van der Waals surface area contributed by atoms with Crippen LogP contribution in [0.4, 0.5) is 5.69 Å². The molecule has 0 saturated carbocycles. The van der Waals surface area contributed by atoms with Gasteiger partial charge in [-0.25, -0.2) is 0 Å². The van der Waals surface area contributed by atoms with Crippen LogP contribution in [0.15, 0.2) is 59.8 Å². The Labute approximate surface area is 148 Å². The molecule has 0 aliphatic rings. The van der Waals surface area contributed by atoms with Gasteiger partial charge in [-0.15, -0.1) is 10.2 Å². The van der Waals surface area contributed by atoms with Crippen molar-refractivity contribution in [2.45, 2.75) is 17.0 Å². The number of hydrogen-bond acceptors (Lipinski definition) is 6. The quantitative estimate of drug-likeness (QED) is 0.414. The van der Waals surface area contributed by atoms with E-state index in [1.165, 1.54) is 23.9 Å². The summed E-state index contributed by atoms with van der Waals surface area (Å²) in [6.45, 7) is 0. The molecular formula is C17H16N4O3S. The molecule has 1 heterocycles. The van der Waals surface area contributed by atoms with E-state index in [0.717, 1.165) is 11.1 Å². The van der Waals surface area contributed by atoms with Gasteiger partial charge in [0.2, 0.25) is 0 Å². The lowest BCUT2D eigenvalue weighted by Gasteiger charge is -2.10. The maximum atomic E-state index is 10.7. The summed E-state index contributed by atoms with van der Waals surface area (Å²) in [4.78, 5) is 10.3. The standard InChI is InChI=1S/C17H16N4O3S/c1-20-16(15(22)13-5-3-2-4-6-13)18-19-17(20)25-11-12-7-9-14(10-8-12)21(23)24/h2-10,15,22H,11H2,1H3. The molecule has 0 aliphatic heterocycles. The molecule has 128 valence electrons. The number of thioether (sulfide) groups is 1. The highest BCUT2D eigenvalue weighted by molar-refractivity contribution is 7.98. The molecule has 0 radical (unpaired) electrons. The summed E-state index contributed by atoms with van der Waals surface area (Å²) >= 11 is 1.46. The second-order valence-corrected chi connectivity index (χ2v) is 6.37. The summed E-state index contributed by atoms with van der Waals surface area (Å²) in [5.41, 5.74) is 1.77. The molecule has 3 aromatic rings. The van der Waals surface area contributed by atoms with Crippen LogP contribution in [-0.4, -0.2) is 24.8 Å². The third kappa shape index (κ3) is 3.86. The zero-order chi connectivity index (χ0) is 17.8. The lowest BCUT2D eigenvalue weighted by atomic mass is 10.1. The summed E-state index contributed by atoms with van der Waals surface area (Å²) in [5.74, 6) is 1.07. The average Bonchev–Trinajstić information content (AvgIpc) is 3.01. The molecule has 3 rings (SSSR count). The van der Waals surface area contributed by atoms with Crippen LogP contribution in [-0.2, 0) is 12.8 Å². The number of nitro groups is 1. The molecule has 1 aromatic heterocycles. The van der Waals surface area contributed by atoms with Crippen LogP contribution in [0.2, 0.25) is 0 Å². The van der Waals surface area contributed by atoms with Crippen molar-refractivity contribution in [1.82, 2.24) is 14.8 Å². The summed E-state index contributed by atoms with van der Waals surface area (Å²) in [7, 11) is 1.81. The highest BCUT2D eigenvalue weighted by Gasteiger charge is 2.18. The van der Waals surface area contributed by atoms with Crippen LogP contribution in [0.3, 0.4) is 0 Å². The van der Waals surface area contributed by atoms with Gasteiger partial charge in [-0.2, -0.15) is 0 Å². The summed E-state index contributed by atoms with van der Waals surface area (Å²) in [5, 5.41) is 30.0. The first-order chi connectivity index (χ1) is 12.1. The summed E-state index contributed by atoms with van der Waals surface area (Å²) < 4.78 is 1.76. The van der Waals surface area contributed by atoms with Crippen molar-refractivity contribution in [2.75, 3.05) is 0 Å². The van der Waals surface area contributed by atoms with Gasteiger partial charge in [0.1, 0.15) is 6.10 Å². The average molecular weight is 356 g/mol. The number of hydrogen-bond donors (Lipinski definition) is 1. The van der Waals surface area contributed by atoms with Crippen LogP contribution < -0.4 is 0 Å². The number of nitro benzene ring substituents is 1. The zero-order valence-electron chi connectivity index (χ0n) is 13.4. The van der Waals surface area contributed by atoms with Gasteiger partial charge < -0.3 is 9.67 Å². The fourth-order valence-corrected chi connectivity index (χ4v) is 3.21. The van der Waals surface area contributed by atoms with Crippen molar-refractivity contribution < 1.29 is 10.0 Å². The summed E-state index contributed by atoms with van der Waals surface area (Å²) in [6, 6.07) is 15.7. The predicted octanol–water partition coefficient (Wildman–Crippen LogP) is 3.10. The molecular weight excluding hydrogens is 340 g/mol. The van der Waals surface area contributed by atoms with Gasteiger partial charge in [0.15, 0.2) is 11.0 Å². The molecule has 7 nitrogen and oxygen atoms in total. The Morgan fingerprint density at radius 1 is 1.16 bits per heavy atom. The van der Waals surface area contributed by atoms with E-state index in [1.807, 2.05) is 30.3 Å². The van der Waals surface area contributed by atoms with Gasteiger partial charge in [-0.1, -0.05) is 54.2 Å². The van der Waals surface area contributed by atoms with E-state index in [0.29, 0.717) is 16.7 Å². The number of non-ortho nitro benzene ring substituents is 1. The lowest BCUT2D eigenvalue weighted by molar-refractivity contribution is -0.384. The molecule has 0 spiro atoms. The van der Waals surface area contributed by atoms with E-state index in [4.69, 9.17) is 0 Å². The molecule has 0 fully saturated rings. The van der Waals surface area contributed by atoms with Gasteiger partial charge in [0, 0.05) is 24.9 Å². The first kappa shape index (κ1) is 17.1. The van der Waals surface area contributed by atoms with Crippen molar-refractivity contribution in [3.05, 3.63) is 81.7 Å². The van der Waals surface area contributed by atoms with E-state index in [-0.39, 0.29) is 5.69 Å². The van der Waals surface area contributed by atoms with Crippen LogP contribution in [0.25, 0.3) is 0 Å². The number of aliphatic hydroxyl groups excluding tert-OH is 1. The first-order valence-electron chi connectivity index (χ1n) is 7.54. The Morgan fingerprint density at radius 3 is 2.48 bits per heavy atom. The van der Waals surface area contributed by atoms with Gasteiger partial charge in [0.25, 0.3) is 5.69 Å². The SMILES string of the molecule is Cn1c(SCc2ccc([N+](=O)[O-])cc2)nnc1C(O)c1ccccc1. The Hall–Kier alpha value is -2.71. The Morgan fingerprint density at radius 2 is 1.84 bits per heavy atom. The van der Waals surface area contributed by atoms with Crippen molar-refractivity contribution in [3.63, 3.8) is 0 Å². The molecule has 1 N–H and O–H groups in total. The van der Waals surface area contributed by atoms with E-state index in [9.17, 15) is 15.2 Å². The van der Waals surface area contributed by atoms with Gasteiger partial charge in [-0.05, 0) is 11.1 Å². The van der Waals surface area contributed by atoms with E-state index >= 15 is 0 Å². The number of aliphatic hydroxyl groups is 1. The number of aromatic nitrogens is 3. The minimum Gasteiger partial charge on any atom is -0.380 e. The maximum absolute atomic E-state index is 10.7. The lowest BCUT2D eigenvalue weighted by Crippen LogP contribution is -2.07. The molecule has 0 saturated heterocycles. The molecule has 0 aliphatic carbocycles. The van der Waals surface area contributed by atoms with E-state index < -0.39 is 11.0 Å². The number of nitrogens with zero attached hydrogens (tertiary/aromatic N) is 4. The smallest absolute Gasteiger partial charge is 0.269 e. The highest BCUT2D eigenvalue weighted by Crippen LogP contribution is 2.26. The van der Waals surface area contributed by atoms with Crippen LogP contribution >= 0.6 is 11.8 Å². The second-order valence-electron chi connectivity index (χ2n) is 5.43. The van der Waals surface area contributed by atoms with Crippen LogP contribution in [0, 0.1) is 10.1 Å². The van der Waals surface area contributed by atoms with Gasteiger partial charge in [0.05, 0.1) is 4.92 Å². The van der Waals surface area contributed by atoms with Crippen molar-refractivity contribution >= 4 is 17.4 Å². The van der Waals surface area contributed by atoms with Gasteiger partial charge >= 0.3 is 0 Å². The van der Waals surface area contributed by atoms with Crippen LogP contribution in [0.1, 0.15) is 23.1 Å². The van der Waals surface area contributed by atoms with E-state index in [2.05, 4.69) is 10.2 Å². The molecule has 1 atom stereocenters. The second kappa shape index (κ2) is 7.45. The maximum Gasteiger partial charge on any atom is 0.269 e. The summed E-state index contributed by atoms with van der Waals surface area (Å²) in [6.07, 6.45) is -0.840. The van der Waals surface area contributed by atoms with Crippen molar-refractivity contribution in [3.8, 4) is 0 Å². The van der Waals surface area contributed by atoms with E-state index in [1.54, 1.807) is 23.7 Å². The van der Waals surface area contributed by atoms with Crippen LogP contribution in [0.5, 0.6) is 0 Å². The first-order valence-corrected chi connectivity index (χ1v) is 8.53. The Bertz CT molecular complexity index is 865. The largest absolute Gasteiger partial charge is 0.380 e. The van der Waals surface area contributed by atoms with Crippen molar-refractivity contribution in [1.29, 1.82) is 0 Å². The molecule has 1 unspecified atom stereocenters. The minimum atomic E-state index is -0.840. The third-order valence-corrected chi connectivity index (χ3v) is 4.83. The fourth-order valence-electron chi connectivity index (χ4n) is 2.34. The highest BCUT2D eigenvalue weighted by atomic mass is 32.2. The molecule has 25 heavy (non-hydrogen) atoms. The molecule has 2 aromatic carbocycles. The van der Waals surface area contributed by atoms with Gasteiger partial charge in [-0.3, -0.25) is 10.1 Å². The topological polar surface area (TPSA) is 94.1 Å². The predicted molar refractivity (Wildman–Crippen MR) is 94.2 cm³/mol. The Balaban J connectivity index is 1.70. The number of rotatable bonds is 6. The molecule has 0 amide bonds. The third-order valence-electron chi connectivity index (χ3n) is 3.74. The van der Waals surface area contributed by atoms with Crippen molar-refractivity contribution in [2.24, 2.45) is 7.05 Å². The monoisotopic (exact) mass is 356 g/mol. The number of benzene rings is 2. The minimum absolute atomic E-state index is 0.0701. The fraction of sp³-hybridized carbons (Fsp3) is 0.176.